The lowest BCUT2D eigenvalue weighted by molar-refractivity contribution is -0.116. The van der Waals surface area contributed by atoms with E-state index in [1.807, 2.05) is 50.2 Å². The average Bonchev–Trinajstić information content (AvgIpc) is 3.03. The Morgan fingerprint density at radius 1 is 1.30 bits per heavy atom. The molecule has 1 atom stereocenters. The zero-order valence-electron chi connectivity index (χ0n) is 16.0. The molecule has 0 saturated heterocycles. The summed E-state index contributed by atoms with van der Waals surface area (Å²) in [6.45, 7) is 4.95. The van der Waals surface area contributed by atoms with Gasteiger partial charge in [0.15, 0.2) is 0 Å². The minimum Gasteiger partial charge on any atom is -0.496 e. The number of fused-ring (bicyclic) bond motifs is 1. The molecule has 0 bridgehead atoms. The molecule has 1 heterocycles. The monoisotopic (exact) mass is 367 g/mol. The van der Waals surface area contributed by atoms with Crippen molar-refractivity contribution in [1.29, 1.82) is 0 Å². The molecule has 0 unspecified atom stereocenters. The van der Waals surface area contributed by atoms with Crippen LogP contribution in [0.1, 0.15) is 30.5 Å². The Kier molecular flexibility index (Phi) is 6.01. The summed E-state index contributed by atoms with van der Waals surface area (Å²) in [7, 11) is 1.62. The number of benzene rings is 2. The summed E-state index contributed by atoms with van der Waals surface area (Å²) < 4.78 is 16.8. The Balaban J connectivity index is 1.69. The Bertz CT molecular complexity index is 844. The van der Waals surface area contributed by atoms with E-state index in [9.17, 15) is 4.79 Å². The number of para-hydroxylation sites is 1. The van der Waals surface area contributed by atoms with E-state index in [0.717, 1.165) is 40.4 Å². The van der Waals surface area contributed by atoms with Crippen molar-refractivity contribution in [3.63, 3.8) is 0 Å². The van der Waals surface area contributed by atoms with Crippen LogP contribution in [0.2, 0.25) is 0 Å². The highest BCUT2D eigenvalue weighted by Gasteiger charge is 2.21. The lowest BCUT2D eigenvalue weighted by Gasteiger charge is -2.10. The molecule has 27 heavy (non-hydrogen) atoms. The van der Waals surface area contributed by atoms with E-state index in [-0.39, 0.29) is 12.0 Å². The molecule has 0 radical (unpaired) electrons. The van der Waals surface area contributed by atoms with Gasteiger partial charge in [0.2, 0.25) is 5.91 Å². The SMILES string of the molecule is CCOc1cc2c(cc1/C=C/C(=O)NCc1ccccc1OC)O[C@H](C)C2. The van der Waals surface area contributed by atoms with Crippen LogP contribution < -0.4 is 19.5 Å². The van der Waals surface area contributed by atoms with Gasteiger partial charge in [-0.2, -0.15) is 0 Å². The maximum atomic E-state index is 12.2. The van der Waals surface area contributed by atoms with Gasteiger partial charge in [-0.3, -0.25) is 4.79 Å². The first-order valence-electron chi connectivity index (χ1n) is 9.15. The van der Waals surface area contributed by atoms with Crippen molar-refractivity contribution in [1.82, 2.24) is 5.32 Å². The van der Waals surface area contributed by atoms with Gasteiger partial charge < -0.3 is 19.5 Å². The lowest BCUT2D eigenvalue weighted by atomic mass is 10.1. The van der Waals surface area contributed by atoms with Crippen molar-refractivity contribution < 1.29 is 19.0 Å². The van der Waals surface area contributed by atoms with Gasteiger partial charge in [-0.05, 0) is 38.1 Å². The first-order chi connectivity index (χ1) is 13.1. The van der Waals surface area contributed by atoms with Crippen molar-refractivity contribution in [3.05, 3.63) is 59.2 Å². The lowest BCUT2D eigenvalue weighted by Crippen LogP contribution is -2.20. The summed E-state index contributed by atoms with van der Waals surface area (Å²) in [5.74, 6) is 2.20. The molecule has 5 nitrogen and oxygen atoms in total. The first kappa shape index (κ1) is 18.8. The van der Waals surface area contributed by atoms with Crippen LogP contribution >= 0.6 is 0 Å². The van der Waals surface area contributed by atoms with E-state index >= 15 is 0 Å². The minimum atomic E-state index is -0.182. The largest absolute Gasteiger partial charge is 0.496 e. The van der Waals surface area contributed by atoms with Crippen molar-refractivity contribution in [2.75, 3.05) is 13.7 Å². The zero-order valence-corrected chi connectivity index (χ0v) is 16.0. The van der Waals surface area contributed by atoms with Gasteiger partial charge in [-0.1, -0.05) is 18.2 Å². The van der Waals surface area contributed by atoms with Crippen molar-refractivity contribution in [2.45, 2.75) is 32.9 Å². The van der Waals surface area contributed by atoms with Crippen LogP contribution in [-0.2, 0) is 17.8 Å². The van der Waals surface area contributed by atoms with E-state index in [1.165, 1.54) is 6.08 Å². The van der Waals surface area contributed by atoms with Crippen LogP contribution in [0.5, 0.6) is 17.2 Å². The molecule has 142 valence electrons. The van der Waals surface area contributed by atoms with Gasteiger partial charge >= 0.3 is 0 Å². The molecule has 0 saturated carbocycles. The fraction of sp³-hybridized carbons (Fsp3) is 0.318. The summed E-state index contributed by atoms with van der Waals surface area (Å²) in [6, 6.07) is 11.6. The maximum Gasteiger partial charge on any atom is 0.244 e. The number of carbonyl (C=O) groups is 1. The standard InChI is InChI=1S/C22H25NO4/c1-4-26-20-13-18-11-15(2)27-21(18)12-16(20)9-10-22(24)23-14-17-7-5-6-8-19(17)25-3/h5-10,12-13,15H,4,11,14H2,1-3H3,(H,23,24)/b10-9+/t15-/m1/s1. The fourth-order valence-corrected chi connectivity index (χ4v) is 3.12. The van der Waals surface area contributed by atoms with Gasteiger partial charge in [0.1, 0.15) is 23.4 Å². The zero-order chi connectivity index (χ0) is 19.2. The van der Waals surface area contributed by atoms with Gasteiger partial charge in [0.05, 0.1) is 13.7 Å². The second-order valence-corrected chi connectivity index (χ2v) is 6.43. The van der Waals surface area contributed by atoms with Crippen LogP contribution in [-0.4, -0.2) is 25.7 Å². The summed E-state index contributed by atoms with van der Waals surface area (Å²) in [5.41, 5.74) is 2.90. The Morgan fingerprint density at radius 2 is 2.11 bits per heavy atom. The van der Waals surface area contributed by atoms with Crippen LogP contribution in [0.25, 0.3) is 6.08 Å². The number of carbonyl (C=O) groups excluding carboxylic acids is 1. The minimum absolute atomic E-state index is 0.165. The summed E-state index contributed by atoms with van der Waals surface area (Å²) in [5, 5.41) is 2.88. The smallest absolute Gasteiger partial charge is 0.244 e. The fourth-order valence-electron chi connectivity index (χ4n) is 3.12. The number of nitrogens with one attached hydrogen (secondary N) is 1. The highest BCUT2D eigenvalue weighted by molar-refractivity contribution is 5.92. The number of ether oxygens (including phenoxy) is 3. The van der Waals surface area contributed by atoms with Crippen molar-refractivity contribution in [2.24, 2.45) is 0 Å². The Morgan fingerprint density at radius 3 is 2.89 bits per heavy atom. The van der Waals surface area contributed by atoms with Gasteiger partial charge in [0.25, 0.3) is 0 Å². The predicted molar refractivity (Wildman–Crippen MR) is 105 cm³/mol. The highest BCUT2D eigenvalue weighted by atomic mass is 16.5. The Hall–Kier alpha value is -2.95. The predicted octanol–water partition coefficient (Wildman–Crippen LogP) is 3.75. The molecule has 1 N–H and O–H groups in total. The average molecular weight is 367 g/mol. The third kappa shape index (κ3) is 4.61. The van der Waals surface area contributed by atoms with Crippen LogP contribution in [0.4, 0.5) is 0 Å². The third-order valence-corrected chi connectivity index (χ3v) is 4.39. The molecule has 1 aliphatic rings. The number of amides is 1. The Labute approximate surface area is 159 Å². The molecule has 0 aromatic heterocycles. The number of rotatable bonds is 7. The summed E-state index contributed by atoms with van der Waals surface area (Å²) in [4.78, 5) is 12.2. The second-order valence-electron chi connectivity index (χ2n) is 6.43. The van der Waals surface area contributed by atoms with E-state index in [0.29, 0.717) is 13.2 Å². The molecule has 2 aromatic carbocycles. The summed E-state index contributed by atoms with van der Waals surface area (Å²) in [6.07, 6.45) is 4.31. The van der Waals surface area contributed by atoms with Crippen LogP contribution in [0.3, 0.4) is 0 Å². The molecule has 3 rings (SSSR count). The number of methoxy groups -OCH3 is 1. The molecular formula is C22H25NO4. The number of hydrogen-bond acceptors (Lipinski definition) is 4. The second kappa shape index (κ2) is 8.62. The molecule has 0 spiro atoms. The normalized spacial score (nSPS) is 15.3. The van der Waals surface area contributed by atoms with E-state index in [2.05, 4.69) is 5.32 Å². The van der Waals surface area contributed by atoms with Crippen molar-refractivity contribution >= 4 is 12.0 Å². The van der Waals surface area contributed by atoms with Gasteiger partial charge in [-0.25, -0.2) is 0 Å². The number of hydrogen-bond donors (Lipinski definition) is 1. The molecule has 5 heteroatoms. The summed E-state index contributed by atoms with van der Waals surface area (Å²) >= 11 is 0. The highest BCUT2D eigenvalue weighted by Crippen LogP contribution is 2.35. The van der Waals surface area contributed by atoms with E-state index in [1.54, 1.807) is 13.2 Å². The van der Waals surface area contributed by atoms with Crippen LogP contribution in [0.15, 0.2) is 42.5 Å². The molecule has 1 aliphatic heterocycles. The molecule has 1 amide bonds. The van der Waals surface area contributed by atoms with Crippen LogP contribution in [0, 0.1) is 0 Å². The van der Waals surface area contributed by atoms with E-state index < -0.39 is 0 Å². The van der Waals surface area contributed by atoms with Gasteiger partial charge in [-0.15, -0.1) is 0 Å². The molecular weight excluding hydrogens is 342 g/mol. The van der Waals surface area contributed by atoms with Crippen molar-refractivity contribution in [3.8, 4) is 17.2 Å². The first-order valence-corrected chi connectivity index (χ1v) is 9.15. The topological polar surface area (TPSA) is 56.8 Å². The van der Waals surface area contributed by atoms with Gasteiger partial charge in [0, 0.05) is 35.7 Å². The van der Waals surface area contributed by atoms with E-state index in [4.69, 9.17) is 14.2 Å². The molecule has 0 fully saturated rings. The third-order valence-electron chi connectivity index (χ3n) is 4.39. The molecule has 2 aromatic rings. The quantitative estimate of drug-likeness (QED) is 0.758. The maximum absolute atomic E-state index is 12.2. The molecule has 0 aliphatic carbocycles.